The standard InChI is InChI=1S/C18H24O5/c1-11(2)13(20)22-5-12(19)23-17-8-15(4)6-14(3)7-16(21,9-17)10-18(14,15)17/h21H,1,5-10H2,2-4H3. The molecule has 0 saturated heterocycles. The van der Waals surface area contributed by atoms with E-state index in [1.54, 1.807) is 0 Å². The van der Waals surface area contributed by atoms with Gasteiger partial charge < -0.3 is 14.6 Å². The highest BCUT2D eigenvalue weighted by Gasteiger charge is 2.94. The average Bonchev–Trinajstić information content (AvgIpc) is 2.76. The van der Waals surface area contributed by atoms with Gasteiger partial charge in [-0.2, -0.15) is 0 Å². The van der Waals surface area contributed by atoms with Crippen LogP contribution in [0.3, 0.4) is 0 Å². The fourth-order valence-electron chi connectivity index (χ4n) is 7.38. The van der Waals surface area contributed by atoms with Crippen LogP contribution < -0.4 is 0 Å². The summed E-state index contributed by atoms with van der Waals surface area (Å²) in [5.74, 6) is -1.11. The van der Waals surface area contributed by atoms with E-state index in [4.69, 9.17) is 9.47 Å². The lowest BCUT2D eigenvalue weighted by atomic mass is 9.24. The SMILES string of the molecule is C=C(C)C(=O)OCC(=O)OC12CC3(O)CC4(C)CC(C)(C1)C42C3. The van der Waals surface area contributed by atoms with Gasteiger partial charge in [-0.25, -0.2) is 9.59 Å². The first kappa shape index (κ1) is 15.2. The van der Waals surface area contributed by atoms with E-state index in [9.17, 15) is 14.7 Å². The molecule has 0 aromatic rings. The van der Waals surface area contributed by atoms with Gasteiger partial charge in [0.1, 0.15) is 5.60 Å². The van der Waals surface area contributed by atoms with Gasteiger partial charge in [-0.3, -0.25) is 0 Å². The Hall–Kier alpha value is -1.36. The van der Waals surface area contributed by atoms with Crippen LogP contribution in [0.1, 0.15) is 52.9 Å². The number of carbonyl (C=O) groups excluding carboxylic acids is 2. The first-order valence-electron chi connectivity index (χ1n) is 8.28. The third-order valence-corrected chi connectivity index (χ3v) is 7.20. The molecule has 0 heterocycles. The molecule has 0 aliphatic heterocycles. The van der Waals surface area contributed by atoms with Crippen LogP contribution in [0, 0.1) is 16.2 Å². The van der Waals surface area contributed by atoms with E-state index >= 15 is 0 Å². The Morgan fingerprint density at radius 1 is 1.09 bits per heavy atom. The summed E-state index contributed by atoms with van der Waals surface area (Å²) in [4.78, 5) is 23.6. The van der Waals surface area contributed by atoms with Crippen LogP contribution in [-0.2, 0) is 19.1 Å². The van der Waals surface area contributed by atoms with Gasteiger partial charge in [-0.15, -0.1) is 0 Å². The second-order valence-electron chi connectivity index (χ2n) is 8.96. The van der Waals surface area contributed by atoms with Crippen LogP contribution in [0.5, 0.6) is 0 Å². The summed E-state index contributed by atoms with van der Waals surface area (Å²) in [5.41, 5.74) is -0.910. The van der Waals surface area contributed by atoms with Crippen LogP contribution >= 0.6 is 0 Å². The van der Waals surface area contributed by atoms with E-state index < -0.39 is 29.7 Å². The van der Waals surface area contributed by atoms with E-state index in [1.165, 1.54) is 6.92 Å². The van der Waals surface area contributed by atoms with Gasteiger partial charge in [-0.1, -0.05) is 20.4 Å². The minimum absolute atomic E-state index is 0.0572. The maximum atomic E-state index is 12.2. The molecule has 4 rings (SSSR count). The smallest absolute Gasteiger partial charge is 0.344 e. The number of hydrogen-bond donors (Lipinski definition) is 1. The number of carbonyl (C=O) groups is 2. The van der Waals surface area contributed by atoms with Crippen molar-refractivity contribution in [2.24, 2.45) is 16.2 Å². The highest BCUT2D eigenvalue weighted by atomic mass is 16.6. The number of fused-ring (bicyclic) bond motifs is 1. The Morgan fingerprint density at radius 2 is 1.74 bits per heavy atom. The molecule has 126 valence electrons. The minimum atomic E-state index is -0.711. The topological polar surface area (TPSA) is 72.8 Å². The van der Waals surface area contributed by atoms with Crippen molar-refractivity contribution in [3.8, 4) is 0 Å². The molecule has 1 N–H and O–H groups in total. The van der Waals surface area contributed by atoms with Crippen molar-refractivity contribution in [3.05, 3.63) is 12.2 Å². The molecule has 4 aliphatic carbocycles. The molecule has 0 radical (unpaired) electrons. The van der Waals surface area contributed by atoms with Crippen LogP contribution in [-0.4, -0.2) is 34.9 Å². The second kappa shape index (κ2) is 3.82. The van der Waals surface area contributed by atoms with Crippen LogP contribution in [0.2, 0.25) is 0 Å². The Morgan fingerprint density at radius 3 is 2.30 bits per heavy atom. The molecular formula is C18H24O5. The zero-order chi connectivity index (χ0) is 16.9. The number of ether oxygens (including phenoxy) is 2. The van der Waals surface area contributed by atoms with Crippen molar-refractivity contribution in [1.82, 2.24) is 0 Å². The number of esters is 2. The van der Waals surface area contributed by atoms with E-state index in [0.717, 1.165) is 25.7 Å². The lowest BCUT2D eigenvalue weighted by Gasteiger charge is -2.81. The minimum Gasteiger partial charge on any atom is -0.456 e. The van der Waals surface area contributed by atoms with Crippen molar-refractivity contribution in [2.75, 3.05) is 6.61 Å². The normalized spacial score (nSPS) is 51.3. The Balaban J connectivity index is 1.51. The Labute approximate surface area is 136 Å². The van der Waals surface area contributed by atoms with Gasteiger partial charge in [0.2, 0.25) is 0 Å². The highest BCUT2D eigenvalue weighted by molar-refractivity contribution is 5.88. The van der Waals surface area contributed by atoms with E-state index in [1.807, 2.05) is 0 Å². The molecular weight excluding hydrogens is 296 g/mol. The molecule has 0 aromatic heterocycles. The Kier molecular flexibility index (Phi) is 2.52. The molecule has 5 atom stereocenters. The summed E-state index contributed by atoms with van der Waals surface area (Å²) in [6.07, 6.45) is 3.95. The molecule has 5 unspecified atom stereocenters. The van der Waals surface area contributed by atoms with Crippen molar-refractivity contribution < 1.29 is 24.2 Å². The maximum Gasteiger partial charge on any atom is 0.344 e. The fourth-order valence-corrected chi connectivity index (χ4v) is 7.38. The third-order valence-electron chi connectivity index (χ3n) is 7.20. The first-order chi connectivity index (χ1) is 10.5. The predicted octanol–water partition coefficient (Wildman–Crippen LogP) is 2.12. The van der Waals surface area contributed by atoms with E-state index in [-0.39, 0.29) is 21.8 Å². The van der Waals surface area contributed by atoms with Crippen LogP contribution in [0.15, 0.2) is 12.2 Å². The zero-order valence-electron chi connectivity index (χ0n) is 14.0. The number of hydrogen-bond acceptors (Lipinski definition) is 5. The lowest BCUT2D eigenvalue weighted by Crippen LogP contribution is -2.81. The van der Waals surface area contributed by atoms with Crippen molar-refractivity contribution in [1.29, 1.82) is 0 Å². The molecule has 5 nitrogen and oxygen atoms in total. The molecule has 4 saturated carbocycles. The maximum absolute atomic E-state index is 12.2. The summed E-state index contributed by atoms with van der Waals surface area (Å²) >= 11 is 0. The van der Waals surface area contributed by atoms with Gasteiger partial charge in [0, 0.05) is 17.4 Å². The highest BCUT2D eigenvalue weighted by Crippen LogP contribution is 2.94. The van der Waals surface area contributed by atoms with Gasteiger partial charge in [0.05, 0.1) is 5.60 Å². The van der Waals surface area contributed by atoms with Crippen molar-refractivity contribution >= 4 is 11.9 Å². The summed E-state index contributed by atoms with van der Waals surface area (Å²) in [7, 11) is 0. The van der Waals surface area contributed by atoms with Crippen LogP contribution in [0.4, 0.5) is 0 Å². The molecule has 0 aromatic carbocycles. The van der Waals surface area contributed by atoms with Crippen molar-refractivity contribution in [3.63, 3.8) is 0 Å². The second-order valence-corrected chi connectivity index (χ2v) is 8.96. The number of aliphatic hydroxyl groups is 1. The largest absolute Gasteiger partial charge is 0.456 e. The van der Waals surface area contributed by atoms with Gasteiger partial charge >= 0.3 is 11.9 Å². The van der Waals surface area contributed by atoms with Gasteiger partial charge in [-0.05, 0) is 43.4 Å². The quantitative estimate of drug-likeness (QED) is 0.634. The summed E-state index contributed by atoms with van der Waals surface area (Å²) in [6, 6.07) is 0. The predicted molar refractivity (Wildman–Crippen MR) is 81.3 cm³/mol. The molecule has 4 aliphatic rings. The molecule has 23 heavy (non-hydrogen) atoms. The summed E-state index contributed by atoms with van der Waals surface area (Å²) in [6.45, 7) is 9.09. The molecule has 0 amide bonds. The molecule has 5 heteroatoms. The monoisotopic (exact) mass is 320 g/mol. The average molecular weight is 320 g/mol. The summed E-state index contributed by atoms with van der Waals surface area (Å²) in [5, 5.41) is 10.9. The van der Waals surface area contributed by atoms with Gasteiger partial charge in [0.25, 0.3) is 0 Å². The zero-order valence-corrected chi connectivity index (χ0v) is 14.0. The molecule has 2 bridgehead atoms. The number of rotatable bonds is 4. The first-order valence-corrected chi connectivity index (χ1v) is 8.28. The van der Waals surface area contributed by atoms with Gasteiger partial charge in [0.15, 0.2) is 6.61 Å². The van der Waals surface area contributed by atoms with E-state index in [2.05, 4.69) is 20.4 Å². The van der Waals surface area contributed by atoms with Crippen molar-refractivity contribution in [2.45, 2.75) is 64.1 Å². The van der Waals surface area contributed by atoms with E-state index in [0.29, 0.717) is 6.42 Å². The van der Waals surface area contributed by atoms with Crippen LogP contribution in [0.25, 0.3) is 0 Å². The Bertz CT molecular complexity index is 656. The fraction of sp³-hybridized carbons (Fsp3) is 0.778. The lowest BCUT2D eigenvalue weighted by molar-refractivity contribution is -0.377. The summed E-state index contributed by atoms with van der Waals surface area (Å²) < 4.78 is 10.7. The molecule has 1 spiro atoms. The third kappa shape index (κ3) is 1.48. The molecule has 4 fully saturated rings.